The zero-order valence-electron chi connectivity index (χ0n) is 12.7. The molecule has 1 aromatic rings. The van der Waals surface area contributed by atoms with Crippen LogP contribution in [0.3, 0.4) is 0 Å². The predicted molar refractivity (Wildman–Crippen MR) is 84.6 cm³/mol. The topological polar surface area (TPSA) is 46.6 Å². The van der Waals surface area contributed by atoms with Gasteiger partial charge in [-0.15, -0.1) is 0 Å². The van der Waals surface area contributed by atoms with E-state index in [4.69, 9.17) is 16.3 Å². The Morgan fingerprint density at radius 1 is 1.18 bits per heavy atom. The molecule has 0 aromatic heterocycles. The van der Waals surface area contributed by atoms with E-state index in [2.05, 4.69) is 0 Å². The molecule has 0 N–H and O–H groups in total. The van der Waals surface area contributed by atoms with Crippen molar-refractivity contribution in [3.05, 3.63) is 29.3 Å². The van der Waals surface area contributed by atoms with Crippen LogP contribution < -0.4 is 4.90 Å². The van der Waals surface area contributed by atoms with Crippen LogP contribution in [0, 0.1) is 5.92 Å². The van der Waals surface area contributed by atoms with Gasteiger partial charge in [-0.25, -0.2) is 0 Å². The molecule has 0 radical (unpaired) electrons. The number of halogens is 1. The highest BCUT2D eigenvalue weighted by atomic mass is 35.5. The molecule has 1 aromatic carbocycles. The second kappa shape index (κ2) is 5.92. The lowest BCUT2D eigenvalue weighted by Crippen LogP contribution is -2.63. The minimum Gasteiger partial charge on any atom is -0.438 e. The number of carbonyl (C=O) groups excluding carboxylic acids is 2. The molecule has 118 valence electrons. The second-order valence-corrected chi connectivity index (χ2v) is 6.48. The largest absolute Gasteiger partial charge is 0.438 e. The maximum absolute atomic E-state index is 12.9. The summed E-state index contributed by atoms with van der Waals surface area (Å²) < 4.78 is 5.82. The first-order valence-corrected chi connectivity index (χ1v) is 8.28. The standard InChI is InChI=1S/C17H20ClNO3/c1-2-14-15(20)19(13-8-6-12(18)7-9-13)17(22-16(14)21)10-4-3-5-11-17/h6-9,14H,2-5,10-11H2,1H3. The summed E-state index contributed by atoms with van der Waals surface area (Å²) in [7, 11) is 0. The summed E-state index contributed by atoms with van der Waals surface area (Å²) in [4.78, 5) is 26.9. The van der Waals surface area contributed by atoms with Crippen molar-refractivity contribution in [1.82, 2.24) is 0 Å². The van der Waals surface area contributed by atoms with E-state index < -0.39 is 11.6 Å². The van der Waals surface area contributed by atoms with Crippen LogP contribution in [-0.4, -0.2) is 17.6 Å². The Bertz CT molecular complexity index is 578. The van der Waals surface area contributed by atoms with E-state index >= 15 is 0 Å². The van der Waals surface area contributed by atoms with Gasteiger partial charge in [0.1, 0.15) is 5.92 Å². The Hall–Kier alpha value is -1.55. The van der Waals surface area contributed by atoms with E-state index in [0.29, 0.717) is 24.3 Å². The zero-order valence-corrected chi connectivity index (χ0v) is 13.4. The average Bonchev–Trinajstić information content (AvgIpc) is 2.50. The normalized spacial score (nSPS) is 24.5. The van der Waals surface area contributed by atoms with Crippen molar-refractivity contribution in [3.63, 3.8) is 0 Å². The van der Waals surface area contributed by atoms with E-state index in [-0.39, 0.29) is 11.9 Å². The van der Waals surface area contributed by atoms with E-state index in [0.717, 1.165) is 24.9 Å². The molecule has 2 aliphatic rings. The summed E-state index contributed by atoms with van der Waals surface area (Å²) in [6.45, 7) is 1.84. The van der Waals surface area contributed by atoms with Crippen molar-refractivity contribution in [2.24, 2.45) is 5.92 Å². The third kappa shape index (κ3) is 2.50. The van der Waals surface area contributed by atoms with Crippen LogP contribution in [0.15, 0.2) is 24.3 Å². The van der Waals surface area contributed by atoms with E-state index in [9.17, 15) is 9.59 Å². The Labute approximate surface area is 135 Å². The Morgan fingerprint density at radius 3 is 2.41 bits per heavy atom. The van der Waals surface area contributed by atoms with Crippen LogP contribution >= 0.6 is 11.6 Å². The molecule has 1 aliphatic carbocycles. The monoisotopic (exact) mass is 321 g/mol. The number of rotatable bonds is 2. The summed E-state index contributed by atoms with van der Waals surface area (Å²) >= 11 is 5.95. The smallest absolute Gasteiger partial charge is 0.320 e. The average molecular weight is 322 g/mol. The lowest BCUT2D eigenvalue weighted by atomic mass is 9.86. The van der Waals surface area contributed by atoms with Crippen molar-refractivity contribution in [1.29, 1.82) is 0 Å². The third-order valence-corrected chi connectivity index (χ3v) is 4.88. The quantitative estimate of drug-likeness (QED) is 0.612. The van der Waals surface area contributed by atoms with E-state index in [1.165, 1.54) is 0 Å². The van der Waals surface area contributed by atoms with Crippen molar-refractivity contribution >= 4 is 29.2 Å². The Morgan fingerprint density at radius 2 is 1.82 bits per heavy atom. The molecule has 1 unspecified atom stereocenters. The number of amides is 1. The van der Waals surface area contributed by atoms with Gasteiger partial charge in [-0.3, -0.25) is 14.5 Å². The first-order valence-electron chi connectivity index (χ1n) is 7.90. The van der Waals surface area contributed by atoms with E-state index in [1.54, 1.807) is 17.0 Å². The first kappa shape index (κ1) is 15.3. The Balaban J connectivity index is 2.04. The summed E-state index contributed by atoms with van der Waals surface area (Å²) in [6.07, 6.45) is 4.88. The molecule has 1 spiro atoms. The van der Waals surface area contributed by atoms with Crippen LogP contribution in [0.4, 0.5) is 5.69 Å². The summed E-state index contributed by atoms with van der Waals surface area (Å²) in [5.74, 6) is -1.23. The molecule has 1 amide bonds. The number of esters is 1. The lowest BCUT2D eigenvalue weighted by molar-refractivity contribution is -0.180. The van der Waals surface area contributed by atoms with Gasteiger partial charge in [0, 0.05) is 23.6 Å². The molecule has 3 rings (SSSR count). The lowest BCUT2D eigenvalue weighted by Gasteiger charge is -2.49. The minimum atomic E-state index is -0.814. The molecule has 1 heterocycles. The highest BCUT2D eigenvalue weighted by Crippen LogP contribution is 2.42. The molecule has 1 saturated carbocycles. The number of hydrogen-bond acceptors (Lipinski definition) is 3. The molecule has 4 nitrogen and oxygen atoms in total. The predicted octanol–water partition coefficient (Wildman–Crippen LogP) is 3.92. The molecule has 2 fully saturated rings. The van der Waals surface area contributed by atoms with Crippen LogP contribution in [0.2, 0.25) is 5.02 Å². The van der Waals surface area contributed by atoms with Crippen molar-refractivity contribution in [3.8, 4) is 0 Å². The van der Waals surface area contributed by atoms with Crippen LogP contribution in [-0.2, 0) is 14.3 Å². The molecule has 5 heteroatoms. The van der Waals surface area contributed by atoms with Gasteiger partial charge >= 0.3 is 5.97 Å². The van der Waals surface area contributed by atoms with Crippen LogP contribution in [0.25, 0.3) is 0 Å². The fraction of sp³-hybridized carbons (Fsp3) is 0.529. The van der Waals surface area contributed by atoms with Crippen molar-refractivity contribution < 1.29 is 14.3 Å². The zero-order chi connectivity index (χ0) is 15.7. The molecule has 22 heavy (non-hydrogen) atoms. The number of carbonyl (C=O) groups is 2. The number of nitrogens with zero attached hydrogens (tertiary/aromatic N) is 1. The van der Waals surface area contributed by atoms with Crippen LogP contribution in [0.5, 0.6) is 0 Å². The van der Waals surface area contributed by atoms with Gasteiger partial charge in [0.15, 0.2) is 5.72 Å². The molecule has 1 aliphatic heterocycles. The van der Waals surface area contributed by atoms with Gasteiger partial charge in [0.25, 0.3) is 0 Å². The SMILES string of the molecule is CCC1C(=O)OC2(CCCCC2)N(c2ccc(Cl)cc2)C1=O. The number of ether oxygens (including phenoxy) is 1. The van der Waals surface area contributed by atoms with Crippen LogP contribution in [0.1, 0.15) is 45.4 Å². The molecule has 1 saturated heterocycles. The van der Waals surface area contributed by atoms with Gasteiger partial charge in [-0.1, -0.05) is 24.9 Å². The first-order chi connectivity index (χ1) is 10.6. The van der Waals surface area contributed by atoms with Gasteiger partial charge in [0.2, 0.25) is 5.91 Å². The molecule has 1 atom stereocenters. The van der Waals surface area contributed by atoms with Gasteiger partial charge in [0.05, 0.1) is 0 Å². The minimum absolute atomic E-state index is 0.150. The van der Waals surface area contributed by atoms with E-state index in [1.807, 2.05) is 19.1 Å². The molecular formula is C17H20ClNO3. The van der Waals surface area contributed by atoms with Gasteiger partial charge < -0.3 is 4.74 Å². The molecule has 0 bridgehead atoms. The second-order valence-electron chi connectivity index (χ2n) is 6.04. The fourth-order valence-corrected chi connectivity index (χ4v) is 3.61. The molecular weight excluding hydrogens is 302 g/mol. The maximum Gasteiger partial charge on any atom is 0.320 e. The number of hydrogen-bond donors (Lipinski definition) is 0. The number of benzene rings is 1. The Kier molecular flexibility index (Phi) is 4.13. The number of anilines is 1. The maximum atomic E-state index is 12.9. The fourth-order valence-electron chi connectivity index (χ4n) is 3.49. The summed E-state index contributed by atoms with van der Waals surface area (Å²) in [5.41, 5.74) is -0.0615. The third-order valence-electron chi connectivity index (χ3n) is 4.63. The van der Waals surface area contributed by atoms with Crippen molar-refractivity contribution in [2.75, 3.05) is 4.90 Å². The van der Waals surface area contributed by atoms with Crippen molar-refractivity contribution in [2.45, 2.75) is 51.2 Å². The van der Waals surface area contributed by atoms with Gasteiger partial charge in [-0.05, 0) is 43.5 Å². The highest BCUT2D eigenvalue weighted by molar-refractivity contribution is 6.30. The summed E-state index contributed by atoms with van der Waals surface area (Å²) in [6, 6.07) is 7.17. The summed E-state index contributed by atoms with van der Waals surface area (Å²) in [5, 5.41) is 0.620. The highest BCUT2D eigenvalue weighted by Gasteiger charge is 2.52. The van der Waals surface area contributed by atoms with Gasteiger partial charge in [-0.2, -0.15) is 0 Å².